The Kier molecular flexibility index (Phi) is 5.03. The smallest absolute Gasteiger partial charge is 0.224 e. The fourth-order valence-corrected chi connectivity index (χ4v) is 1.34. The summed E-state index contributed by atoms with van der Waals surface area (Å²) >= 11 is 0. The average molecular weight is 243 g/mol. The molecule has 1 aromatic carbocycles. The molecule has 1 amide bonds. The molecule has 0 aliphatic carbocycles. The molecule has 0 heterocycles. The third-order valence-corrected chi connectivity index (χ3v) is 2.28. The molecule has 3 nitrogen and oxygen atoms in total. The fourth-order valence-electron chi connectivity index (χ4n) is 1.34. The van der Waals surface area contributed by atoms with E-state index in [2.05, 4.69) is 5.32 Å². The van der Waals surface area contributed by atoms with Crippen LogP contribution >= 0.6 is 0 Å². The standard InChI is InChI=1S/C12H15F2NO2/c1-8(16)5-6-15-12(17)7-9-10(13)3-2-4-11(9)14/h2-4,8,16H,5-7H2,1H3,(H,15,17). The van der Waals surface area contributed by atoms with Crippen LogP contribution in [0.5, 0.6) is 0 Å². The zero-order chi connectivity index (χ0) is 12.8. The summed E-state index contributed by atoms with van der Waals surface area (Å²) in [6.07, 6.45) is -0.440. The number of amides is 1. The van der Waals surface area contributed by atoms with Crippen LogP contribution in [0.2, 0.25) is 0 Å². The summed E-state index contributed by atoms with van der Waals surface area (Å²) in [6.45, 7) is 1.88. The van der Waals surface area contributed by atoms with E-state index in [9.17, 15) is 13.6 Å². The van der Waals surface area contributed by atoms with Gasteiger partial charge in [-0.05, 0) is 25.5 Å². The molecule has 0 saturated heterocycles. The maximum atomic E-state index is 13.2. The minimum atomic E-state index is -0.726. The lowest BCUT2D eigenvalue weighted by Crippen LogP contribution is -2.28. The fraction of sp³-hybridized carbons (Fsp3) is 0.417. The van der Waals surface area contributed by atoms with Crippen molar-refractivity contribution < 1.29 is 18.7 Å². The SMILES string of the molecule is CC(O)CCNC(=O)Cc1c(F)cccc1F. The average Bonchev–Trinajstić information content (AvgIpc) is 2.23. The predicted molar refractivity (Wildman–Crippen MR) is 59.4 cm³/mol. The zero-order valence-corrected chi connectivity index (χ0v) is 9.54. The molecule has 1 unspecified atom stereocenters. The van der Waals surface area contributed by atoms with Crippen LogP contribution in [-0.2, 0) is 11.2 Å². The van der Waals surface area contributed by atoms with Crippen molar-refractivity contribution in [2.45, 2.75) is 25.9 Å². The molecule has 17 heavy (non-hydrogen) atoms. The van der Waals surface area contributed by atoms with Crippen LogP contribution in [0.4, 0.5) is 8.78 Å². The molecule has 0 radical (unpaired) electrons. The Balaban J connectivity index is 2.51. The number of carbonyl (C=O) groups excluding carboxylic acids is 1. The quantitative estimate of drug-likeness (QED) is 0.821. The first-order chi connectivity index (χ1) is 8.00. The Bertz CT molecular complexity index is 374. The number of carbonyl (C=O) groups is 1. The van der Waals surface area contributed by atoms with Gasteiger partial charge in [-0.25, -0.2) is 8.78 Å². The normalized spacial score (nSPS) is 12.2. The van der Waals surface area contributed by atoms with Gasteiger partial charge in [0.05, 0.1) is 12.5 Å². The Labute approximate surface area is 98.5 Å². The van der Waals surface area contributed by atoms with Gasteiger partial charge in [-0.15, -0.1) is 0 Å². The van der Waals surface area contributed by atoms with Crippen molar-refractivity contribution in [2.75, 3.05) is 6.54 Å². The first-order valence-electron chi connectivity index (χ1n) is 5.38. The largest absolute Gasteiger partial charge is 0.393 e. The molecule has 0 saturated carbocycles. The van der Waals surface area contributed by atoms with E-state index in [4.69, 9.17) is 5.11 Å². The summed E-state index contributed by atoms with van der Waals surface area (Å²) < 4.78 is 26.4. The Morgan fingerprint density at radius 2 is 2.00 bits per heavy atom. The van der Waals surface area contributed by atoms with Gasteiger partial charge in [0, 0.05) is 12.1 Å². The highest BCUT2D eigenvalue weighted by Crippen LogP contribution is 2.12. The number of nitrogens with one attached hydrogen (secondary N) is 1. The third-order valence-electron chi connectivity index (χ3n) is 2.28. The van der Waals surface area contributed by atoms with E-state index in [0.717, 1.165) is 12.1 Å². The van der Waals surface area contributed by atoms with Crippen LogP contribution in [-0.4, -0.2) is 23.7 Å². The van der Waals surface area contributed by atoms with Crippen LogP contribution in [0, 0.1) is 11.6 Å². The van der Waals surface area contributed by atoms with Crippen molar-refractivity contribution in [1.82, 2.24) is 5.32 Å². The molecule has 0 spiro atoms. The van der Waals surface area contributed by atoms with Crippen molar-refractivity contribution in [3.05, 3.63) is 35.4 Å². The highest BCUT2D eigenvalue weighted by molar-refractivity contribution is 5.78. The number of aliphatic hydroxyl groups excluding tert-OH is 1. The minimum Gasteiger partial charge on any atom is -0.393 e. The number of hydrogen-bond donors (Lipinski definition) is 2. The maximum absolute atomic E-state index is 13.2. The molecule has 0 fully saturated rings. The highest BCUT2D eigenvalue weighted by Gasteiger charge is 2.12. The second kappa shape index (κ2) is 6.30. The number of halogens is 2. The summed E-state index contributed by atoms with van der Waals surface area (Å²) in [5.41, 5.74) is -0.234. The van der Waals surface area contributed by atoms with Crippen LogP contribution < -0.4 is 5.32 Å². The lowest BCUT2D eigenvalue weighted by Gasteiger charge is -2.08. The summed E-state index contributed by atoms with van der Waals surface area (Å²) in [7, 11) is 0. The van der Waals surface area contributed by atoms with Gasteiger partial charge in [-0.2, -0.15) is 0 Å². The van der Waals surface area contributed by atoms with E-state index in [0.29, 0.717) is 6.42 Å². The van der Waals surface area contributed by atoms with E-state index in [-0.39, 0.29) is 18.5 Å². The van der Waals surface area contributed by atoms with Crippen molar-refractivity contribution >= 4 is 5.91 Å². The molecule has 1 atom stereocenters. The van der Waals surface area contributed by atoms with Crippen molar-refractivity contribution in [2.24, 2.45) is 0 Å². The first kappa shape index (κ1) is 13.6. The molecule has 0 bridgehead atoms. The molecule has 94 valence electrons. The third kappa shape index (κ3) is 4.48. The second-order valence-electron chi connectivity index (χ2n) is 3.86. The van der Waals surface area contributed by atoms with Gasteiger partial charge in [0.2, 0.25) is 5.91 Å². The highest BCUT2D eigenvalue weighted by atomic mass is 19.1. The zero-order valence-electron chi connectivity index (χ0n) is 9.54. The molecule has 0 aliphatic heterocycles. The van der Waals surface area contributed by atoms with Crippen LogP contribution in [0.25, 0.3) is 0 Å². The number of hydrogen-bond acceptors (Lipinski definition) is 2. The Morgan fingerprint density at radius 1 is 1.41 bits per heavy atom. The number of rotatable bonds is 5. The van der Waals surface area contributed by atoms with Crippen LogP contribution in [0.15, 0.2) is 18.2 Å². The molecule has 1 aromatic rings. The van der Waals surface area contributed by atoms with Crippen molar-refractivity contribution in [3.63, 3.8) is 0 Å². The lowest BCUT2D eigenvalue weighted by molar-refractivity contribution is -0.120. The van der Waals surface area contributed by atoms with E-state index in [1.165, 1.54) is 6.07 Å². The van der Waals surface area contributed by atoms with E-state index in [1.807, 2.05) is 0 Å². The van der Waals surface area contributed by atoms with Gasteiger partial charge in [0.1, 0.15) is 11.6 Å². The topological polar surface area (TPSA) is 49.3 Å². The van der Waals surface area contributed by atoms with Crippen LogP contribution in [0.1, 0.15) is 18.9 Å². The molecule has 0 aliphatic rings. The summed E-state index contributed by atoms with van der Waals surface area (Å²) in [5.74, 6) is -1.92. The lowest BCUT2D eigenvalue weighted by atomic mass is 10.1. The molecule has 5 heteroatoms. The van der Waals surface area contributed by atoms with E-state index < -0.39 is 23.6 Å². The number of benzene rings is 1. The molecule has 0 aromatic heterocycles. The molecular weight excluding hydrogens is 228 g/mol. The van der Waals surface area contributed by atoms with Gasteiger partial charge < -0.3 is 10.4 Å². The second-order valence-corrected chi connectivity index (χ2v) is 3.86. The van der Waals surface area contributed by atoms with E-state index >= 15 is 0 Å². The predicted octanol–water partition coefficient (Wildman–Crippen LogP) is 1.39. The molecule has 2 N–H and O–H groups in total. The summed E-state index contributed by atoms with van der Waals surface area (Å²) in [6, 6.07) is 3.47. The van der Waals surface area contributed by atoms with Crippen molar-refractivity contribution in [3.8, 4) is 0 Å². The monoisotopic (exact) mass is 243 g/mol. The maximum Gasteiger partial charge on any atom is 0.224 e. The molecule has 1 rings (SSSR count). The van der Waals surface area contributed by atoms with Gasteiger partial charge >= 0.3 is 0 Å². The first-order valence-corrected chi connectivity index (χ1v) is 5.38. The summed E-state index contributed by atoms with van der Waals surface area (Å²) in [4.78, 5) is 11.4. The van der Waals surface area contributed by atoms with Gasteiger partial charge in [-0.1, -0.05) is 6.07 Å². The van der Waals surface area contributed by atoms with Crippen molar-refractivity contribution in [1.29, 1.82) is 0 Å². The molecular formula is C12H15F2NO2. The minimum absolute atomic E-state index is 0.234. The van der Waals surface area contributed by atoms with Gasteiger partial charge in [-0.3, -0.25) is 4.79 Å². The van der Waals surface area contributed by atoms with Gasteiger partial charge in [0.25, 0.3) is 0 Å². The summed E-state index contributed by atoms with van der Waals surface area (Å²) in [5, 5.41) is 11.5. The Hall–Kier alpha value is -1.49. The van der Waals surface area contributed by atoms with Crippen LogP contribution in [0.3, 0.4) is 0 Å². The van der Waals surface area contributed by atoms with Gasteiger partial charge in [0.15, 0.2) is 0 Å². The van der Waals surface area contributed by atoms with E-state index in [1.54, 1.807) is 6.92 Å². The number of aliphatic hydroxyl groups is 1. The Morgan fingerprint density at radius 3 is 2.53 bits per heavy atom.